The van der Waals surface area contributed by atoms with E-state index >= 15 is 0 Å². The summed E-state index contributed by atoms with van der Waals surface area (Å²) in [5, 5.41) is 2.24. The number of rotatable bonds is 9. The van der Waals surface area contributed by atoms with Crippen molar-refractivity contribution in [3.8, 4) is 55.6 Å². The maximum absolute atomic E-state index is 6.21. The summed E-state index contributed by atoms with van der Waals surface area (Å²) in [5.74, 6) is 0. The molecule has 1 aliphatic rings. The summed E-state index contributed by atoms with van der Waals surface area (Å²) in [5.41, 5.74) is 21.7. The summed E-state index contributed by atoms with van der Waals surface area (Å²) in [6.07, 6.45) is 0. The number of hydrogen-bond donors (Lipinski definition) is 0. The van der Waals surface area contributed by atoms with Crippen molar-refractivity contribution in [2.75, 3.05) is 4.90 Å². The van der Waals surface area contributed by atoms with Gasteiger partial charge in [-0.1, -0.05) is 218 Å². The second-order valence-corrected chi connectivity index (χ2v) is 18.0. The first kappa shape index (κ1) is 40.3. The molecule has 2 nitrogen and oxygen atoms in total. The Hall–Kier alpha value is -8.98. The largest absolute Gasteiger partial charge is 0.456 e. The fourth-order valence-electron chi connectivity index (χ4n) is 11.0. The van der Waals surface area contributed by atoms with Gasteiger partial charge in [0.2, 0.25) is 0 Å². The monoisotopic (exact) mass is 879 g/mol. The average Bonchev–Trinajstić information content (AvgIpc) is 3.96. The van der Waals surface area contributed by atoms with Crippen LogP contribution in [0.3, 0.4) is 0 Å². The second kappa shape index (κ2) is 16.7. The van der Waals surface area contributed by atoms with Gasteiger partial charge in [0, 0.05) is 27.8 Å². The van der Waals surface area contributed by atoms with Crippen molar-refractivity contribution >= 4 is 39.0 Å². The number of benzene rings is 11. The molecule has 0 amide bonds. The molecule has 12 aromatic rings. The molecule has 1 aliphatic carbocycles. The van der Waals surface area contributed by atoms with Crippen LogP contribution < -0.4 is 4.90 Å². The molecule has 0 saturated carbocycles. The van der Waals surface area contributed by atoms with Crippen LogP contribution in [-0.2, 0) is 5.41 Å². The van der Waals surface area contributed by atoms with Crippen molar-refractivity contribution in [3.05, 3.63) is 295 Å². The Balaban J connectivity index is 0.919. The molecule has 2 heteroatoms. The van der Waals surface area contributed by atoms with Gasteiger partial charge < -0.3 is 9.32 Å². The number of para-hydroxylation sites is 1. The van der Waals surface area contributed by atoms with E-state index in [1.807, 2.05) is 12.1 Å². The van der Waals surface area contributed by atoms with Crippen LogP contribution >= 0.6 is 0 Å². The first-order valence-corrected chi connectivity index (χ1v) is 23.7. The lowest BCUT2D eigenvalue weighted by Crippen LogP contribution is -2.28. The Morgan fingerprint density at radius 2 is 0.739 bits per heavy atom. The zero-order valence-corrected chi connectivity index (χ0v) is 37.8. The molecule has 0 unspecified atom stereocenters. The highest BCUT2D eigenvalue weighted by atomic mass is 16.3. The Bertz CT molecular complexity index is 3760. The van der Waals surface area contributed by atoms with Gasteiger partial charge in [0.15, 0.2) is 0 Å². The number of nitrogens with zero attached hydrogens (tertiary/aromatic N) is 1. The van der Waals surface area contributed by atoms with Crippen LogP contribution in [0.4, 0.5) is 17.1 Å². The maximum atomic E-state index is 6.21. The van der Waals surface area contributed by atoms with Gasteiger partial charge in [-0.15, -0.1) is 0 Å². The molecule has 0 radical (unpaired) electrons. The summed E-state index contributed by atoms with van der Waals surface area (Å²) in [4.78, 5) is 2.38. The molecule has 1 aromatic heterocycles. The summed E-state index contributed by atoms with van der Waals surface area (Å²) < 4.78 is 6.21. The van der Waals surface area contributed by atoms with Crippen molar-refractivity contribution in [1.82, 2.24) is 0 Å². The summed E-state index contributed by atoms with van der Waals surface area (Å²) in [6, 6.07) is 99.2. The van der Waals surface area contributed by atoms with E-state index in [9.17, 15) is 0 Å². The molecular formula is C67H45NO. The first-order valence-electron chi connectivity index (χ1n) is 23.7. The molecule has 0 aliphatic heterocycles. The predicted octanol–water partition coefficient (Wildman–Crippen LogP) is 18.1. The molecule has 13 rings (SSSR count). The lowest BCUT2D eigenvalue weighted by atomic mass is 9.67. The molecule has 0 fully saturated rings. The topological polar surface area (TPSA) is 16.4 Å². The Kier molecular flexibility index (Phi) is 9.77. The molecule has 0 saturated heterocycles. The molecule has 0 bridgehead atoms. The molecule has 69 heavy (non-hydrogen) atoms. The number of fused-ring (bicyclic) bond motifs is 6. The lowest BCUT2D eigenvalue weighted by molar-refractivity contribution is 0.669. The van der Waals surface area contributed by atoms with E-state index in [0.717, 1.165) is 50.1 Å². The standard InChI is InChI=1S/C67H45NO/c1-4-16-46(17-5-1)47-30-32-48(33-31-47)49-34-39-55(40-35-49)68(57-23-14-18-51(44-57)52-38-43-65-61(45-52)59-24-11-13-29-64(59)69-65)56-41-36-50(37-42-56)58-26-15-28-63-66(58)60-25-10-12-27-62(60)67(63,53-19-6-2-7-20-53)54-21-8-3-9-22-54/h1-45H. The molecule has 0 N–H and O–H groups in total. The van der Waals surface area contributed by atoms with Crippen molar-refractivity contribution in [1.29, 1.82) is 0 Å². The average molecular weight is 880 g/mol. The third-order valence-electron chi connectivity index (χ3n) is 14.2. The smallest absolute Gasteiger partial charge is 0.135 e. The van der Waals surface area contributed by atoms with Crippen molar-refractivity contribution in [3.63, 3.8) is 0 Å². The summed E-state index contributed by atoms with van der Waals surface area (Å²) >= 11 is 0. The van der Waals surface area contributed by atoms with Crippen LogP contribution in [0, 0.1) is 0 Å². The first-order chi connectivity index (χ1) is 34.2. The summed E-state index contributed by atoms with van der Waals surface area (Å²) in [7, 11) is 0. The third kappa shape index (κ3) is 6.80. The van der Waals surface area contributed by atoms with Gasteiger partial charge in [0.05, 0.1) is 5.41 Å². The van der Waals surface area contributed by atoms with Gasteiger partial charge in [-0.3, -0.25) is 0 Å². The van der Waals surface area contributed by atoms with Crippen LogP contribution in [-0.4, -0.2) is 0 Å². The van der Waals surface area contributed by atoms with Crippen LogP contribution in [0.25, 0.3) is 77.6 Å². The second-order valence-electron chi connectivity index (χ2n) is 18.0. The third-order valence-corrected chi connectivity index (χ3v) is 14.2. The van der Waals surface area contributed by atoms with Gasteiger partial charge >= 0.3 is 0 Å². The van der Waals surface area contributed by atoms with Gasteiger partial charge in [0.25, 0.3) is 0 Å². The van der Waals surface area contributed by atoms with Crippen LogP contribution in [0.1, 0.15) is 22.3 Å². The van der Waals surface area contributed by atoms with Crippen molar-refractivity contribution < 1.29 is 4.42 Å². The van der Waals surface area contributed by atoms with Crippen LogP contribution in [0.15, 0.2) is 277 Å². The Morgan fingerprint density at radius 3 is 1.42 bits per heavy atom. The van der Waals surface area contributed by atoms with E-state index in [1.165, 1.54) is 66.8 Å². The quantitative estimate of drug-likeness (QED) is 0.144. The van der Waals surface area contributed by atoms with E-state index in [0.29, 0.717) is 0 Å². The normalized spacial score (nSPS) is 12.5. The minimum atomic E-state index is -0.461. The summed E-state index contributed by atoms with van der Waals surface area (Å²) in [6.45, 7) is 0. The molecular weight excluding hydrogens is 835 g/mol. The van der Waals surface area contributed by atoms with E-state index in [-0.39, 0.29) is 0 Å². The molecule has 0 atom stereocenters. The highest BCUT2D eigenvalue weighted by Gasteiger charge is 2.46. The minimum Gasteiger partial charge on any atom is -0.456 e. The zero-order valence-electron chi connectivity index (χ0n) is 37.8. The molecule has 324 valence electrons. The predicted molar refractivity (Wildman–Crippen MR) is 287 cm³/mol. The maximum Gasteiger partial charge on any atom is 0.135 e. The van der Waals surface area contributed by atoms with Gasteiger partial charge in [-0.25, -0.2) is 0 Å². The van der Waals surface area contributed by atoms with Gasteiger partial charge in [-0.2, -0.15) is 0 Å². The van der Waals surface area contributed by atoms with Crippen LogP contribution in [0.2, 0.25) is 0 Å². The highest BCUT2D eigenvalue weighted by Crippen LogP contribution is 2.58. The van der Waals surface area contributed by atoms with E-state index in [1.54, 1.807) is 0 Å². The zero-order chi connectivity index (χ0) is 45.7. The van der Waals surface area contributed by atoms with E-state index in [2.05, 4.69) is 266 Å². The SMILES string of the molecule is c1ccc(-c2ccc(-c3ccc(N(c4ccc(-c5cccc6c5-c5ccccc5C6(c5ccccc5)c5ccccc5)cc4)c4cccc(-c5ccc6oc7ccccc7c6c5)c4)cc3)cc2)cc1. The number of hydrogen-bond acceptors (Lipinski definition) is 2. The Labute approximate surface area is 402 Å². The van der Waals surface area contributed by atoms with Gasteiger partial charge in [-0.05, 0) is 132 Å². The minimum absolute atomic E-state index is 0.461. The fraction of sp³-hybridized carbons (Fsp3) is 0.0149. The lowest BCUT2D eigenvalue weighted by Gasteiger charge is -2.34. The van der Waals surface area contributed by atoms with E-state index < -0.39 is 5.41 Å². The molecule has 0 spiro atoms. The number of furan rings is 1. The van der Waals surface area contributed by atoms with Crippen molar-refractivity contribution in [2.45, 2.75) is 5.41 Å². The van der Waals surface area contributed by atoms with Crippen LogP contribution in [0.5, 0.6) is 0 Å². The molecule has 1 heterocycles. The fourth-order valence-corrected chi connectivity index (χ4v) is 11.0. The Morgan fingerprint density at radius 1 is 0.275 bits per heavy atom. The molecule has 11 aromatic carbocycles. The van der Waals surface area contributed by atoms with Crippen molar-refractivity contribution in [2.24, 2.45) is 0 Å². The highest BCUT2D eigenvalue weighted by molar-refractivity contribution is 6.06. The van der Waals surface area contributed by atoms with E-state index in [4.69, 9.17) is 4.42 Å². The number of anilines is 3. The van der Waals surface area contributed by atoms with Gasteiger partial charge in [0.1, 0.15) is 11.2 Å².